The van der Waals surface area contributed by atoms with Crippen molar-refractivity contribution >= 4 is 27.5 Å². The summed E-state index contributed by atoms with van der Waals surface area (Å²) in [7, 11) is 1.68. The van der Waals surface area contributed by atoms with Crippen molar-refractivity contribution in [1.29, 1.82) is 0 Å². The first-order valence-corrected chi connectivity index (χ1v) is 5.63. The molecule has 76 valence electrons. The normalized spacial score (nSPS) is 16.5. The highest BCUT2D eigenvalue weighted by molar-refractivity contribution is 9.10. The summed E-state index contributed by atoms with van der Waals surface area (Å²) >= 11 is 9.45. The molecule has 1 heterocycles. The van der Waals surface area contributed by atoms with E-state index >= 15 is 0 Å². The lowest BCUT2D eigenvalue weighted by atomic mass is 9.93. The Morgan fingerprint density at radius 3 is 2.71 bits per heavy atom. The van der Waals surface area contributed by atoms with Gasteiger partial charge in [-0.05, 0) is 28.1 Å². The molecule has 1 fully saturated rings. The van der Waals surface area contributed by atoms with E-state index in [1.807, 2.05) is 12.1 Å². The number of benzene rings is 1. The number of halogens is 2. The highest BCUT2D eigenvalue weighted by atomic mass is 79.9. The fourth-order valence-corrected chi connectivity index (χ4v) is 2.60. The number of ether oxygens (including phenoxy) is 1. The van der Waals surface area contributed by atoms with Gasteiger partial charge in [-0.25, -0.2) is 0 Å². The van der Waals surface area contributed by atoms with Crippen LogP contribution in [0.3, 0.4) is 0 Å². The maximum Gasteiger partial charge on any atom is 0.136 e. The number of hydrogen-bond donors (Lipinski definition) is 1. The van der Waals surface area contributed by atoms with E-state index < -0.39 is 0 Å². The van der Waals surface area contributed by atoms with Crippen LogP contribution in [-0.4, -0.2) is 20.2 Å². The number of nitrogens with one attached hydrogen (secondary N) is 1. The Hall–Kier alpha value is -0.250. The van der Waals surface area contributed by atoms with E-state index in [0.29, 0.717) is 5.92 Å². The lowest BCUT2D eigenvalue weighted by molar-refractivity contribution is 0.383. The van der Waals surface area contributed by atoms with Crippen LogP contribution in [0.15, 0.2) is 16.6 Å². The lowest BCUT2D eigenvalue weighted by Crippen LogP contribution is -2.40. The number of methoxy groups -OCH3 is 1. The van der Waals surface area contributed by atoms with E-state index in [1.54, 1.807) is 7.11 Å². The molecule has 1 aromatic rings. The van der Waals surface area contributed by atoms with Gasteiger partial charge in [0, 0.05) is 29.6 Å². The highest BCUT2D eigenvalue weighted by Crippen LogP contribution is 2.37. The molecule has 1 aromatic carbocycles. The zero-order chi connectivity index (χ0) is 10.1. The van der Waals surface area contributed by atoms with E-state index in [4.69, 9.17) is 16.3 Å². The molecule has 2 nitrogen and oxygen atoms in total. The van der Waals surface area contributed by atoms with Gasteiger partial charge in [-0.15, -0.1) is 0 Å². The van der Waals surface area contributed by atoms with Gasteiger partial charge in [0.2, 0.25) is 0 Å². The molecule has 2 rings (SSSR count). The van der Waals surface area contributed by atoms with Crippen LogP contribution in [0.2, 0.25) is 5.02 Å². The van der Waals surface area contributed by atoms with Crippen molar-refractivity contribution in [1.82, 2.24) is 5.32 Å². The quantitative estimate of drug-likeness (QED) is 0.897. The first-order chi connectivity index (χ1) is 6.72. The maximum atomic E-state index is 6.00. The molecule has 1 N–H and O–H groups in total. The number of rotatable bonds is 2. The monoisotopic (exact) mass is 275 g/mol. The van der Waals surface area contributed by atoms with Crippen LogP contribution in [0.5, 0.6) is 5.75 Å². The summed E-state index contributed by atoms with van der Waals surface area (Å²) < 4.78 is 6.28. The smallest absolute Gasteiger partial charge is 0.136 e. The third-order valence-electron chi connectivity index (χ3n) is 2.46. The van der Waals surface area contributed by atoms with Gasteiger partial charge >= 0.3 is 0 Å². The van der Waals surface area contributed by atoms with Crippen molar-refractivity contribution in [2.75, 3.05) is 20.2 Å². The predicted molar refractivity (Wildman–Crippen MR) is 61.3 cm³/mol. The topological polar surface area (TPSA) is 21.3 Å². The fourth-order valence-electron chi connectivity index (χ4n) is 1.61. The molecule has 0 saturated carbocycles. The predicted octanol–water partition coefficient (Wildman–Crippen LogP) is 2.80. The molecule has 14 heavy (non-hydrogen) atoms. The summed E-state index contributed by atoms with van der Waals surface area (Å²) in [5.74, 6) is 1.43. The van der Waals surface area contributed by atoms with Gasteiger partial charge in [0.25, 0.3) is 0 Å². The minimum atomic E-state index is 0.528. The Morgan fingerprint density at radius 1 is 1.50 bits per heavy atom. The van der Waals surface area contributed by atoms with Gasteiger partial charge in [-0.1, -0.05) is 11.6 Å². The molecule has 0 atom stereocenters. The van der Waals surface area contributed by atoms with Gasteiger partial charge in [0.15, 0.2) is 0 Å². The van der Waals surface area contributed by atoms with Gasteiger partial charge in [-0.3, -0.25) is 0 Å². The Labute approximate surface area is 96.7 Å². The van der Waals surface area contributed by atoms with Crippen molar-refractivity contribution in [3.8, 4) is 5.75 Å². The Bertz CT molecular complexity index is 352. The minimum Gasteiger partial charge on any atom is -0.495 e. The van der Waals surface area contributed by atoms with E-state index in [-0.39, 0.29) is 0 Å². The Balaban J connectivity index is 2.44. The SMILES string of the molecule is COc1c(Br)cc(Cl)cc1C1CNC1. The minimum absolute atomic E-state index is 0.528. The molecule has 0 amide bonds. The summed E-state index contributed by atoms with van der Waals surface area (Å²) in [6.07, 6.45) is 0. The van der Waals surface area contributed by atoms with Gasteiger partial charge in [0.1, 0.15) is 5.75 Å². The van der Waals surface area contributed by atoms with Crippen molar-refractivity contribution in [3.63, 3.8) is 0 Å². The van der Waals surface area contributed by atoms with Gasteiger partial charge < -0.3 is 10.1 Å². The summed E-state index contributed by atoms with van der Waals surface area (Å²) in [4.78, 5) is 0. The molecule has 1 aliphatic rings. The molecule has 0 aliphatic carbocycles. The van der Waals surface area contributed by atoms with Crippen molar-refractivity contribution in [2.45, 2.75) is 5.92 Å². The van der Waals surface area contributed by atoms with E-state index in [0.717, 1.165) is 28.3 Å². The van der Waals surface area contributed by atoms with E-state index in [2.05, 4.69) is 21.2 Å². The van der Waals surface area contributed by atoms with Crippen molar-refractivity contribution < 1.29 is 4.74 Å². The second-order valence-corrected chi connectivity index (χ2v) is 4.66. The second kappa shape index (κ2) is 4.09. The summed E-state index contributed by atoms with van der Waals surface area (Å²) in [5, 5.41) is 3.99. The fraction of sp³-hybridized carbons (Fsp3) is 0.400. The van der Waals surface area contributed by atoms with Crippen molar-refractivity contribution in [2.24, 2.45) is 0 Å². The first-order valence-electron chi connectivity index (χ1n) is 4.46. The average Bonchev–Trinajstić information content (AvgIpc) is 1.99. The van der Waals surface area contributed by atoms with Gasteiger partial charge in [0.05, 0.1) is 11.6 Å². The third kappa shape index (κ3) is 1.76. The molecule has 0 spiro atoms. The van der Waals surface area contributed by atoms with Crippen LogP contribution in [0.1, 0.15) is 11.5 Å². The van der Waals surface area contributed by atoms with Crippen LogP contribution in [-0.2, 0) is 0 Å². The lowest BCUT2D eigenvalue weighted by Gasteiger charge is -2.29. The molecule has 0 unspecified atom stereocenters. The first kappa shape index (κ1) is 10.3. The van der Waals surface area contributed by atoms with Crippen LogP contribution < -0.4 is 10.1 Å². The molecule has 0 radical (unpaired) electrons. The molecule has 1 saturated heterocycles. The molecule has 1 aliphatic heterocycles. The van der Waals surface area contributed by atoms with Crippen molar-refractivity contribution in [3.05, 3.63) is 27.2 Å². The van der Waals surface area contributed by atoms with Gasteiger partial charge in [-0.2, -0.15) is 0 Å². The van der Waals surface area contributed by atoms with Crippen LogP contribution >= 0.6 is 27.5 Å². The average molecular weight is 277 g/mol. The zero-order valence-electron chi connectivity index (χ0n) is 7.81. The van der Waals surface area contributed by atoms with Crippen LogP contribution in [0, 0.1) is 0 Å². The number of hydrogen-bond acceptors (Lipinski definition) is 2. The molecule has 0 aromatic heterocycles. The second-order valence-electron chi connectivity index (χ2n) is 3.37. The molecule has 4 heteroatoms. The Kier molecular flexibility index (Phi) is 3.00. The summed E-state index contributed by atoms with van der Waals surface area (Å²) in [5.41, 5.74) is 1.19. The zero-order valence-corrected chi connectivity index (χ0v) is 10.2. The molecule has 0 bridgehead atoms. The largest absolute Gasteiger partial charge is 0.495 e. The third-order valence-corrected chi connectivity index (χ3v) is 3.27. The molecular formula is C10H11BrClNO. The maximum absolute atomic E-state index is 6.00. The van der Waals surface area contributed by atoms with Crippen LogP contribution in [0.4, 0.5) is 0 Å². The molecular weight excluding hydrogens is 265 g/mol. The summed E-state index contributed by atoms with van der Waals surface area (Å²) in [6, 6.07) is 3.84. The van der Waals surface area contributed by atoms with Crippen LogP contribution in [0.25, 0.3) is 0 Å². The highest BCUT2D eigenvalue weighted by Gasteiger charge is 2.24. The van der Waals surface area contributed by atoms with E-state index in [9.17, 15) is 0 Å². The summed E-state index contributed by atoms with van der Waals surface area (Å²) in [6.45, 7) is 2.01. The Morgan fingerprint density at radius 2 is 2.21 bits per heavy atom. The standard InChI is InChI=1S/C10H11BrClNO/c1-14-10-8(6-4-13-5-6)2-7(12)3-9(10)11/h2-3,6,13H,4-5H2,1H3. The van der Waals surface area contributed by atoms with E-state index in [1.165, 1.54) is 5.56 Å².